The van der Waals surface area contributed by atoms with Gasteiger partial charge in [0.2, 0.25) is 5.91 Å². The van der Waals surface area contributed by atoms with Crippen LogP contribution in [0.4, 0.5) is 0 Å². The van der Waals surface area contributed by atoms with Crippen LogP contribution in [-0.4, -0.2) is 59.7 Å². The second kappa shape index (κ2) is 9.35. The van der Waals surface area contributed by atoms with E-state index in [1.807, 2.05) is 36.4 Å². The van der Waals surface area contributed by atoms with Crippen LogP contribution in [0, 0.1) is 0 Å². The number of hydrogen-bond donors (Lipinski definition) is 2. The molecule has 2 N–H and O–H groups in total. The van der Waals surface area contributed by atoms with Crippen molar-refractivity contribution in [3.8, 4) is 5.82 Å². The van der Waals surface area contributed by atoms with Crippen LogP contribution in [-0.2, 0) is 20.8 Å². The number of nitrogens with zero attached hydrogens (tertiary/aromatic N) is 4. The molecule has 34 heavy (non-hydrogen) atoms. The third-order valence-corrected chi connectivity index (χ3v) is 7.93. The van der Waals surface area contributed by atoms with E-state index in [1.165, 1.54) is 28.4 Å². The number of carbonyl (C=O) groups excluding carboxylic acids is 2. The summed E-state index contributed by atoms with van der Waals surface area (Å²) in [6.45, 7) is 0. The number of aliphatic carboxylic acids is 1. The number of hydrogen-bond acceptors (Lipinski definition) is 7. The van der Waals surface area contributed by atoms with Gasteiger partial charge in [-0.05, 0) is 23.8 Å². The molecule has 172 valence electrons. The van der Waals surface area contributed by atoms with Crippen LogP contribution in [0.5, 0.6) is 0 Å². The number of rotatable bonds is 7. The first-order valence-electron chi connectivity index (χ1n) is 10.4. The van der Waals surface area contributed by atoms with Crippen LogP contribution in [0.15, 0.2) is 82.6 Å². The van der Waals surface area contributed by atoms with E-state index in [9.17, 15) is 19.5 Å². The number of carboxylic acid groups (broad SMARTS) is 1. The molecule has 11 heteroatoms. The lowest BCUT2D eigenvalue weighted by atomic mass is 10.0. The molecule has 0 spiro atoms. The molecule has 0 radical (unpaired) electrons. The van der Waals surface area contributed by atoms with Crippen molar-refractivity contribution in [1.82, 2.24) is 25.0 Å². The van der Waals surface area contributed by atoms with Gasteiger partial charge in [-0.15, -0.1) is 11.8 Å². The Morgan fingerprint density at radius 3 is 2.65 bits per heavy atom. The van der Waals surface area contributed by atoms with Gasteiger partial charge in [0.15, 0.2) is 5.82 Å². The van der Waals surface area contributed by atoms with Crippen LogP contribution in [0.2, 0.25) is 0 Å². The Hall–Kier alpha value is -3.57. The Labute approximate surface area is 203 Å². The summed E-state index contributed by atoms with van der Waals surface area (Å²) in [6, 6.07) is 15.7. The number of benzene rings is 1. The highest BCUT2D eigenvalue weighted by Crippen LogP contribution is 2.45. The lowest BCUT2D eigenvalue weighted by molar-refractivity contribution is -0.150. The van der Waals surface area contributed by atoms with Crippen LogP contribution < -0.4 is 5.32 Å². The summed E-state index contributed by atoms with van der Waals surface area (Å²) >= 11 is 2.67. The van der Waals surface area contributed by atoms with Gasteiger partial charge in [0, 0.05) is 16.9 Å². The molecule has 0 saturated carbocycles. The Balaban J connectivity index is 1.34. The molecule has 0 bridgehead atoms. The minimum atomic E-state index is -1.18. The maximum Gasteiger partial charge on any atom is 0.353 e. The van der Waals surface area contributed by atoms with Crippen molar-refractivity contribution in [3.63, 3.8) is 0 Å². The Morgan fingerprint density at radius 1 is 1.12 bits per heavy atom. The van der Waals surface area contributed by atoms with E-state index in [4.69, 9.17) is 0 Å². The average Bonchev–Trinajstić information content (AvgIpc) is 3.31. The van der Waals surface area contributed by atoms with Gasteiger partial charge in [-0.1, -0.05) is 48.2 Å². The fourth-order valence-corrected chi connectivity index (χ4v) is 6.35. The van der Waals surface area contributed by atoms with E-state index < -0.39 is 23.3 Å². The second-order valence-corrected chi connectivity index (χ2v) is 9.79. The van der Waals surface area contributed by atoms with Crippen LogP contribution >= 0.6 is 23.5 Å². The number of pyridine rings is 1. The number of nitrogens with one attached hydrogen (secondary N) is 1. The minimum Gasteiger partial charge on any atom is -0.477 e. The standard InChI is InChI=1S/C23H19N5O4S2/c29-17(12-14-6-2-1-3-7-14)26-19-21(30)27-20(23(31)32)15(13-33-22(19)27)34-18-9-11-25-28(18)16-8-4-5-10-24-16/h1-11,19,22H,12-13H2,(H,26,29)(H,31,32)/t19-,22+/m1/s1. The van der Waals surface area contributed by atoms with Crippen LogP contribution in [0.1, 0.15) is 5.56 Å². The van der Waals surface area contributed by atoms with E-state index in [1.54, 1.807) is 35.3 Å². The quantitative estimate of drug-likeness (QED) is 0.482. The van der Waals surface area contributed by atoms with Gasteiger partial charge in [-0.3, -0.25) is 14.5 Å². The fraction of sp³-hybridized carbons (Fsp3) is 0.174. The zero-order valence-corrected chi connectivity index (χ0v) is 19.3. The van der Waals surface area contributed by atoms with Gasteiger partial charge in [0.05, 0.1) is 12.6 Å². The summed E-state index contributed by atoms with van der Waals surface area (Å²) in [6.07, 6.45) is 3.42. The summed E-state index contributed by atoms with van der Waals surface area (Å²) < 4.78 is 1.62. The molecule has 3 aromatic rings. The zero-order chi connectivity index (χ0) is 23.7. The molecule has 9 nitrogen and oxygen atoms in total. The molecular weight excluding hydrogens is 474 g/mol. The Bertz CT molecular complexity index is 1280. The predicted molar refractivity (Wildman–Crippen MR) is 127 cm³/mol. The number of carbonyl (C=O) groups is 3. The lowest BCUT2D eigenvalue weighted by Crippen LogP contribution is -2.70. The molecule has 0 aliphatic carbocycles. The molecule has 1 fully saturated rings. The second-order valence-electron chi connectivity index (χ2n) is 7.57. The van der Waals surface area contributed by atoms with Gasteiger partial charge in [-0.2, -0.15) is 5.10 Å². The molecule has 2 amide bonds. The maximum absolute atomic E-state index is 12.9. The third kappa shape index (κ3) is 4.19. The number of β-lactam (4-membered cyclic amide) rings is 1. The minimum absolute atomic E-state index is 0.0546. The zero-order valence-electron chi connectivity index (χ0n) is 17.7. The third-order valence-electron chi connectivity index (χ3n) is 5.36. The number of thioether (sulfide) groups is 2. The van der Waals surface area contributed by atoms with Crippen molar-refractivity contribution >= 4 is 41.3 Å². The molecule has 1 aromatic carbocycles. The Kier molecular flexibility index (Phi) is 6.12. The van der Waals surface area contributed by atoms with Crippen LogP contribution in [0.25, 0.3) is 5.82 Å². The monoisotopic (exact) mass is 493 g/mol. The molecule has 1 saturated heterocycles. The van der Waals surface area contributed by atoms with Crippen molar-refractivity contribution < 1.29 is 19.5 Å². The molecule has 2 aromatic heterocycles. The summed E-state index contributed by atoms with van der Waals surface area (Å²) in [5.74, 6) is -0.884. The van der Waals surface area contributed by atoms with E-state index >= 15 is 0 Å². The fourth-order valence-electron chi connectivity index (χ4n) is 3.82. The first kappa shape index (κ1) is 22.2. The number of carboxylic acids is 1. The molecule has 2 atom stereocenters. The highest BCUT2D eigenvalue weighted by molar-refractivity contribution is 8.06. The van der Waals surface area contributed by atoms with E-state index in [0.717, 1.165) is 5.56 Å². The van der Waals surface area contributed by atoms with Gasteiger partial charge in [0.25, 0.3) is 5.91 Å². The van der Waals surface area contributed by atoms with Crippen molar-refractivity contribution in [3.05, 3.63) is 83.2 Å². The smallest absolute Gasteiger partial charge is 0.353 e. The highest BCUT2D eigenvalue weighted by Gasteiger charge is 2.54. The number of fused-ring (bicyclic) bond motifs is 1. The molecule has 5 rings (SSSR count). The highest BCUT2D eigenvalue weighted by atomic mass is 32.2. The van der Waals surface area contributed by atoms with Crippen molar-refractivity contribution in [1.29, 1.82) is 0 Å². The van der Waals surface area contributed by atoms with Crippen molar-refractivity contribution in [2.45, 2.75) is 22.9 Å². The molecule has 4 heterocycles. The first-order chi connectivity index (χ1) is 16.5. The molecule has 2 aliphatic heterocycles. The van der Waals surface area contributed by atoms with Gasteiger partial charge in [-0.25, -0.2) is 14.5 Å². The summed E-state index contributed by atoms with van der Waals surface area (Å²) in [5.41, 5.74) is 0.787. The molecular formula is C23H19N5O4S2. The average molecular weight is 494 g/mol. The SMILES string of the molecule is O=C(Cc1ccccc1)N[C@@H]1C(=O)N2C(C(=O)O)=C(Sc3ccnn3-c3ccccn3)CS[C@@H]12. The molecule has 0 unspecified atom stereocenters. The number of amides is 2. The van der Waals surface area contributed by atoms with Gasteiger partial charge >= 0.3 is 5.97 Å². The lowest BCUT2D eigenvalue weighted by Gasteiger charge is -2.49. The van der Waals surface area contributed by atoms with Crippen molar-refractivity contribution in [2.24, 2.45) is 0 Å². The van der Waals surface area contributed by atoms with Crippen molar-refractivity contribution in [2.75, 3.05) is 5.75 Å². The normalized spacial score (nSPS) is 19.4. The topological polar surface area (TPSA) is 117 Å². The summed E-state index contributed by atoms with van der Waals surface area (Å²) in [7, 11) is 0. The maximum atomic E-state index is 12.9. The summed E-state index contributed by atoms with van der Waals surface area (Å²) in [4.78, 5) is 43.6. The Morgan fingerprint density at radius 2 is 1.91 bits per heavy atom. The van der Waals surface area contributed by atoms with E-state index in [-0.39, 0.29) is 18.0 Å². The first-order valence-corrected chi connectivity index (χ1v) is 12.3. The predicted octanol–water partition coefficient (Wildman–Crippen LogP) is 2.30. The van der Waals surface area contributed by atoms with Gasteiger partial charge in [0.1, 0.15) is 22.1 Å². The largest absolute Gasteiger partial charge is 0.477 e. The van der Waals surface area contributed by atoms with Gasteiger partial charge < -0.3 is 10.4 Å². The molecule has 2 aliphatic rings. The summed E-state index contributed by atoms with van der Waals surface area (Å²) in [5, 5.41) is 17.2. The van der Waals surface area contributed by atoms with Crippen LogP contribution in [0.3, 0.4) is 0 Å². The van der Waals surface area contributed by atoms with E-state index in [2.05, 4.69) is 15.4 Å². The number of aromatic nitrogens is 3. The van der Waals surface area contributed by atoms with E-state index in [0.29, 0.717) is 21.5 Å².